The maximum Gasteiger partial charge on any atom is 0.266 e. The van der Waals surface area contributed by atoms with Crippen LogP contribution in [0.1, 0.15) is 30.4 Å². The number of amides is 2. The lowest BCUT2D eigenvalue weighted by Crippen LogP contribution is -2.39. The first kappa shape index (κ1) is 27.2. The van der Waals surface area contributed by atoms with Crippen LogP contribution in [0.5, 0.6) is 5.75 Å². The highest BCUT2D eigenvalue weighted by atomic mass is 32.2. The summed E-state index contributed by atoms with van der Waals surface area (Å²) in [4.78, 5) is 32.4. The molecule has 2 aromatic carbocycles. The van der Waals surface area contributed by atoms with Crippen molar-refractivity contribution in [2.45, 2.75) is 31.9 Å². The van der Waals surface area contributed by atoms with E-state index in [-0.39, 0.29) is 30.9 Å². The van der Waals surface area contributed by atoms with Crippen molar-refractivity contribution in [3.8, 4) is 5.75 Å². The van der Waals surface area contributed by atoms with Crippen LogP contribution in [-0.4, -0.2) is 72.9 Å². The number of carbonyl (C=O) groups is 2. The van der Waals surface area contributed by atoms with E-state index in [1.165, 1.54) is 16.7 Å². The van der Waals surface area contributed by atoms with Gasteiger partial charge in [-0.1, -0.05) is 48.2 Å². The average Bonchev–Trinajstić information content (AvgIpc) is 3.50. The molecule has 2 aliphatic heterocycles. The standard InChI is InChI=1S/C28H33N3O4S2/c1-29(2)22-10-6-21(7-11-22)18-30(19-24-5-4-16-35-24)26(32)14-15-31-27(33)25(37-28(31)36)17-20-8-12-23(34-3)13-9-20/h6-13,17,24H,4-5,14-16,18-19H2,1-3H3/b25-17-. The average molecular weight is 540 g/mol. The summed E-state index contributed by atoms with van der Waals surface area (Å²) < 4.78 is 11.5. The highest BCUT2D eigenvalue weighted by molar-refractivity contribution is 8.26. The normalized spacial score (nSPS) is 18.5. The van der Waals surface area contributed by atoms with Gasteiger partial charge in [0.05, 0.1) is 18.1 Å². The second-order valence-electron chi connectivity index (χ2n) is 9.33. The second kappa shape index (κ2) is 12.6. The second-order valence-corrected chi connectivity index (χ2v) is 11.0. The molecule has 2 aromatic rings. The third-order valence-corrected chi connectivity index (χ3v) is 7.84. The molecule has 0 spiro atoms. The molecule has 4 rings (SSSR count). The Morgan fingerprint density at radius 3 is 2.54 bits per heavy atom. The summed E-state index contributed by atoms with van der Waals surface area (Å²) in [5, 5.41) is 0. The summed E-state index contributed by atoms with van der Waals surface area (Å²) in [6.45, 7) is 2.04. The lowest BCUT2D eigenvalue weighted by atomic mass is 10.1. The molecule has 196 valence electrons. The van der Waals surface area contributed by atoms with Crippen molar-refractivity contribution in [2.75, 3.05) is 45.8 Å². The topological polar surface area (TPSA) is 62.3 Å². The molecular weight excluding hydrogens is 506 g/mol. The van der Waals surface area contributed by atoms with Crippen molar-refractivity contribution in [2.24, 2.45) is 0 Å². The Morgan fingerprint density at radius 2 is 1.92 bits per heavy atom. The number of benzene rings is 2. The minimum atomic E-state index is -0.163. The zero-order valence-corrected chi connectivity index (χ0v) is 23.1. The Bertz CT molecular complexity index is 1140. The summed E-state index contributed by atoms with van der Waals surface area (Å²) in [5.74, 6) is 0.577. The van der Waals surface area contributed by atoms with Gasteiger partial charge in [0.15, 0.2) is 0 Å². The summed E-state index contributed by atoms with van der Waals surface area (Å²) in [6.07, 6.45) is 4.04. The Kier molecular flexibility index (Phi) is 9.23. The predicted molar refractivity (Wildman–Crippen MR) is 153 cm³/mol. The molecule has 0 aliphatic carbocycles. The van der Waals surface area contributed by atoms with E-state index in [0.29, 0.717) is 22.3 Å². The monoisotopic (exact) mass is 539 g/mol. The number of hydrogen-bond donors (Lipinski definition) is 0. The fraction of sp³-hybridized carbons (Fsp3) is 0.393. The van der Waals surface area contributed by atoms with E-state index in [1.54, 1.807) is 7.11 Å². The van der Waals surface area contributed by atoms with E-state index in [1.807, 2.05) is 54.2 Å². The van der Waals surface area contributed by atoms with Gasteiger partial charge in [-0.05, 0) is 54.3 Å². The first-order valence-electron chi connectivity index (χ1n) is 12.4. The quantitative estimate of drug-likeness (QED) is 0.324. The molecule has 9 heteroatoms. The highest BCUT2D eigenvalue weighted by Gasteiger charge is 2.33. The third kappa shape index (κ3) is 7.12. The van der Waals surface area contributed by atoms with Gasteiger partial charge in [0.1, 0.15) is 10.1 Å². The van der Waals surface area contributed by atoms with Crippen LogP contribution in [0.25, 0.3) is 6.08 Å². The molecule has 2 aliphatic rings. The molecule has 0 N–H and O–H groups in total. The van der Waals surface area contributed by atoms with Crippen LogP contribution in [0.4, 0.5) is 5.69 Å². The summed E-state index contributed by atoms with van der Waals surface area (Å²) in [5.41, 5.74) is 3.06. The van der Waals surface area contributed by atoms with E-state index in [2.05, 4.69) is 24.3 Å². The van der Waals surface area contributed by atoms with E-state index < -0.39 is 0 Å². The van der Waals surface area contributed by atoms with Crippen molar-refractivity contribution >= 4 is 51.9 Å². The van der Waals surface area contributed by atoms with Gasteiger partial charge < -0.3 is 19.3 Å². The van der Waals surface area contributed by atoms with Crippen molar-refractivity contribution in [3.05, 3.63) is 64.6 Å². The molecule has 2 saturated heterocycles. The van der Waals surface area contributed by atoms with E-state index in [4.69, 9.17) is 21.7 Å². The minimum Gasteiger partial charge on any atom is -0.497 e. The van der Waals surface area contributed by atoms with Crippen molar-refractivity contribution in [3.63, 3.8) is 0 Å². The first-order chi connectivity index (χ1) is 17.8. The summed E-state index contributed by atoms with van der Waals surface area (Å²) >= 11 is 6.75. The van der Waals surface area contributed by atoms with E-state index in [0.717, 1.165) is 42.0 Å². The number of methoxy groups -OCH3 is 1. The number of rotatable bonds is 10. The molecule has 2 heterocycles. The Labute approximate surface area is 228 Å². The molecule has 7 nitrogen and oxygen atoms in total. The fourth-order valence-corrected chi connectivity index (χ4v) is 5.63. The molecule has 0 bridgehead atoms. The minimum absolute atomic E-state index is 0.0135. The number of anilines is 1. The van der Waals surface area contributed by atoms with Gasteiger partial charge in [0.25, 0.3) is 5.91 Å². The zero-order chi connectivity index (χ0) is 26.4. The first-order valence-corrected chi connectivity index (χ1v) is 13.6. The number of hydrogen-bond acceptors (Lipinski definition) is 7. The predicted octanol–water partition coefficient (Wildman–Crippen LogP) is 4.56. The number of nitrogens with zero attached hydrogens (tertiary/aromatic N) is 3. The van der Waals surface area contributed by atoms with Gasteiger partial charge >= 0.3 is 0 Å². The Morgan fingerprint density at radius 1 is 1.19 bits per heavy atom. The Balaban J connectivity index is 1.40. The molecule has 0 saturated carbocycles. The smallest absolute Gasteiger partial charge is 0.266 e. The van der Waals surface area contributed by atoms with E-state index >= 15 is 0 Å². The van der Waals surface area contributed by atoms with E-state index in [9.17, 15) is 9.59 Å². The van der Waals surface area contributed by atoms with Crippen molar-refractivity contribution in [1.82, 2.24) is 9.80 Å². The molecule has 2 amide bonds. The third-order valence-electron chi connectivity index (χ3n) is 6.46. The summed E-state index contributed by atoms with van der Waals surface area (Å²) in [7, 11) is 5.62. The number of carbonyl (C=O) groups excluding carboxylic acids is 2. The van der Waals surface area contributed by atoms with Gasteiger partial charge in [0.2, 0.25) is 5.91 Å². The van der Waals surface area contributed by atoms with Crippen LogP contribution in [0.15, 0.2) is 53.4 Å². The van der Waals surface area contributed by atoms with Crippen LogP contribution in [0.2, 0.25) is 0 Å². The molecule has 1 unspecified atom stereocenters. The maximum absolute atomic E-state index is 13.4. The van der Waals surface area contributed by atoms with Gasteiger partial charge in [-0.15, -0.1) is 0 Å². The molecule has 0 radical (unpaired) electrons. The number of ether oxygens (including phenoxy) is 2. The SMILES string of the molecule is COc1ccc(/C=C2\SC(=S)N(CCC(=O)N(Cc3ccc(N(C)C)cc3)CC3CCCO3)C2=O)cc1. The molecule has 37 heavy (non-hydrogen) atoms. The molecule has 1 atom stereocenters. The Hall–Kier alpha value is -2.88. The zero-order valence-electron chi connectivity index (χ0n) is 21.5. The number of thioether (sulfide) groups is 1. The van der Waals surface area contributed by atoms with Crippen LogP contribution >= 0.6 is 24.0 Å². The van der Waals surface area contributed by atoms with Crippen LogP contribution < -0.4 is 9.64 Å². The molecule has 2 fully saturated rings. The van der Waals surface area contributed by atoms with Gasteiger partial charge in [0, 0.05) is 52.4 Å². The molecule has 0 aromatic heterocycles. The fourth-order valence-electron chi connectivity index (χ4n) is 4.32. The highest BCUT2D eigenvalue weighted by Crippen LogP contribution is 2.33. The van der Waals surface area contributed by atoms with Gasteiger partial charge in [-0.25, -0.2) is 0 Å². The summed E-state index contributed by atoms with van der Waals surface area (Å²) in [6, 6.07) is 15.7. The van der Waals surface area contributed by atoms with Gasteiger partial charge in [-0.2, -0.15) is 0 Å². The van der Waals surface area contributed by atoms with Gasteiger partial charge in [-0.3, -0.25) is 14.5 Å². The molecular formula is C28H33N3O4S2. The number of thiocarbonyl (C=S) groups is 1. The lowest BCUT2D eigenvalue weighted by molar-refractivity contribution is -0.134. The van der Waals surface area contributed by atoms with Crippen molar-refractivity contribution in [1.29, 1.82) is 0 Å². The largest absolute Gasteiger partial charge is 0.497 e. The van der Waals surface area contributed by atoms with Crippen molar-refractivity contribution < 1.29 is 19.1 Å². The van der Waals surface area contributed by atoms with Crippen LogP contribution in [-0.2, 0) is 20.9 Å². The lowest BCUT2D eigenvalue weighted by Gasteiger charge is -2.27. The van der Waals surface area contributed by atoms with Crippen LogP contribution in [0, 0.1) is 0 Å². The maximum atomic E-state index is 13.4. The van der Waals surface area contributed by atoms with Crippen LogP contribution in [0.3, 0.4) is 0 Å².